The number of hydrazone groups is 1. The number of piperidine rings is 1. The highest BCUT2D eigenvalue weighted by Crippen LogP contribution is 2.25. The first-order chi connectivity index (χ1) is 15.2. The number of anilines is 1. The number of halogens is 1. The van der Waals surface area contributed by atoms with E-state index in [-0.39, 0.29) is 24.5 Å². The summed E-state index contributed by atoms with van der Waals surface area (Å²) in [7, 11) is 0. The van der Waals surface area contributed by atoms with Gasteiger partial charge in [-0.15, -0.1) is 0 Å². The molecule has 0 spiro atoms. The summed E-state index contributed by atoms with van der Waals surface area (Å²) < 4.78 is 27.2. The van der Waals surface area contributed by atoms with E-state index in [0.717, 1.165) is 17.9 Å². The summed E-state index contributed by atoms with van der Waals surface area (Å²) in [5.41, 5.74) is 0.553. The van der Waals surface area contributed by atoms with Gasteiger partial charge in [0, 0.05) is 25.4 Å². The Morgan fingerprint density at radius 3 is 2.69 bits per heavy atom. The topological polar surface area (TPSA) is 124 Å². The smallest absolute Gasteiger partial charge is 0.410 e. The highest BCUT2D eigenvalue weighted by Gasteiger charge is 2.27. The van der Waals surface area contributed by atoms with Crippen LogP contribution in [0, 0.1) is 5.82 Å². The van der Waals surface area contributed by atoms with E-state index in [1.165, 1.54) is 18.5 Å². The molecule has 3 rings (SSSR count). The number of nitrogens with two attached hydrogens (primary N) is 2. The van der Waals surface area contributed by atoms with Gasteiger partial charge in [0.25, 0.3) is 0 Å². The van der Waals surface area contributed by atoms with Crippen molar-refractivity contribution in [3.8, 4) is 5.75 Å². The molecule has 32 heavy (non-hydrogen) atoms. The molecule has 0 atom stereocenters. The average molecular weight is 448 g/mol. The number of hydrogen-bond donors (Lipinski definition) is 2. The standard InChI is InChI=1S/C21H30FN7O3/c1-21(2,3)32-20(30)27-9-7-16(8-10-27)29-11-6-15(26-29)13-31-19-5-4-17(12-18(19)22)28(24)14-25-23/h4-6,11-12,14,16H,7-10,13,23-24H2,1-3H3/b25-14-. The van der Waals surface area contributed by atoms with E-state index in [2.05, 4.69) is 10.2 Å². The van der Waals surface area contributed by atoms with Crippen LogP contribution in [0.4, 0.5) is 14.9 Å². The molecule has 1 amide bonds. The van der Waals surface area contributed by atoms with Crippen molar-refractivity contribution in [3.63, 3.8) is 0 Å². The lowest BCUT2D eigenvalue weighted by molar-refractivity contribution is 0.0184. The fraction of sp³-hybridized carbons (Fsp3) is 0.476. The first-order valence-corrected chi connectivity index (χ1v) is 10.4. The van der Waals surface area contributed by atoms with Crippen LogP contribution in [0.2, 0.25) is 0 Å². The summed E-state index contributed by atoms with van der Waals surface area (Å²) >= 11 is 0. The van der Waals surface area contributed by atoms with Crippen LogP contribution in [0.25, 0.3) is 0 Å². The molecule has 1 aliphatic rings. The minimum Gasteiger partial charge on any atom is -0.484 e. The van der Waals surface area contributed by atoms with Crippen LogP contribution in [0.5, 0.6) is 5.75 Å². The maximum atomic E-state index is 14.3. The van der Waals surface area contributed by atoms with Gasteiger partial charge >= 0.3 is 6.09 Å². The number of amides is 1. The average Bonchev–Trinajstić information content (AvgIpc) is 3.21. The van der Waals surface area contributed by atoms with E-state index in [1.54, 1.807) is 11.0 Å². The van der Waals surface area contributed by atoms with Crippen molar-refractivity contribution in [3.05, 3.63) is 42.0 Å². The Balaban J connectivity index is 1.52. The molecule has 0 bridgehead atoms. The third-order valence-corrected chi connectivity index (χ3v) is 4.93. The molecule has 174 valence electrons. The van der Waals surface area contributed by atoms with Crippen molar-refractivity contribution >= 4 is 18.1 Å². The predicted molar refractivity (Wildman–Crippen MR) is 118 cm³/mol. The molecule has 1 aliphatic heterocycles. The summed E-state index contributed by atoms with van der Waals surface area (Å²) in [6, 6.07) is 6.33. The van der Waals surface area contributed by atoms with Gasteiger partial charge in [-0.25, -0.2) is 15.0 Å². The third-order valence-electron chi connectivity index (χ3n) is 4.93. The van der Waals surface area contributed by atoms with Crippen LogP contribution in [-0.2, 0) is 11.3 Å². The molecule has 4 N–H and O–H groups in total. The van der Waals surface area contributed by atoms with Crippen molar-refractivity contribution in [1.29, 1.82) is 0 Å². The molecule has 1 aromatic heterocycles. The first kappa shape index (κ1) is 23.3. The predicted octanol–water partition coefficient (Wildman–Crippen LogP) is 2.76. The fourth-order valence-electron chi connectivity index (χ4n) is 3.35. The van der Waals surface area contributed by atoms with Gasteiger partial charge in [0.15, 0.2) is 11.6 Å². The molecule has 10 nitrogen and oxygen atoms in total. The van der Waals surface area contributed by atoms with E-state index in [0.29, 0.717) is 24.5 Å². The largest absolute Gasteiger partial charge is 0.484 e. The second-order valence-electron chi connectivity index (χ2n) is 8.56. The van der Waals surface area contributed by atoms with Gasteiger partial charge in [0.2, 0.25) is 0 Å². The maximum Gasteiger partial charge on any atom is 0.410 e. The van der Waals surface area contributed by atoms with Crippen LogP contribution >= 0.6 is 0 Å². The zero-order chi connectivity index (χ0) is 23.3. The quantitative estimate of drug-likeness (QED) is 0.302. The molecule has 0 unspecified atom stereocenters. The SMILES string of the molecule is CC(C)(C)OC(=O)N1CCC(n2ccc(COc3ccc(N(N)/C=N\N)cc3F)n2)CC1. The molecule has 1 aromatic carbocycles. The fourth-order valence-corrected chi connectivity index (χ4v) is 3.35. The Labute approximate surface area is 186 Å². The van der Waals surface area contributed by atoms with Gasteiger partial charge in [-0.1, -0.05) is 0 Å². The second kappa shape index (κ2) is 9.86. The van der Waals surface area contributed by atoms with Crippen LogP contribution in [-0.4, -0.2) is 45.8 Å². The number of benzene rings is 1. The summed E-state index contributed by atoms with van der Waals surface area (Å²) in [5.74, 6) is 10.2. The Kier molecular flexibility index (Phi) is 7.18. The Hall–Kier alpha value is -3.34. The molecule has 1 fully saturated rings. The molecule has 2 aromatic rings. The number of nitrogens with zero attached hydrogens (tertiary/aromatic N) is 5. The van der Waals surface area contributed by atoms with Gasteiger partial charge in [-0.2, -0.15) is 10.2 Å². The molecule has 2 heterocycles. The Morgan fingerprint density at radius 1 is 1.34 bits per heavy atom. The lowest BCUT2D eigenvalue weighted by Gasteiger charge is -2.33. The monoisotopic (exact) mass is 447 g/mol. The van der Waals surface area contributed by atoms with E-state index >= 15 is 0 Å². The van der Waals surface area contributed by atoms with E-state index in [4.69, 9.17) is 21.2 Å². The zero-order valence-corrected chi connectivity index (χ0v) is 18.6. The van der Waals surface area contributed by atoms with E-state index in [1.807, 2.05) is 37.7 Å². The maximum absolute atomic E-state index is 14.3. The number of aromatic nitrogens is 2. The number of rotatable bonds is 6. The molecule has 1 saturated heterocycles. The van der Waals surface area contributed by atoms with Crippen molar-refractivity contribution in [2.45, 2.75) is 51.9 Å². The highest BCUT2D eigenvalue weighted by molar-refractivity contribution is 5.77. The summed E-state index contributed by atoms with van der Waals surface area (Å²) in [4.78, 5) is 13.9. The van der Waals surface area contributed by atoms with Crippen LogP contribution in [0.1, 0.15) is 45.3 Å². The van der Waals surface area contributed by atoms with Gasteiger partial charge < -0.3 is 20.2 Å². The lowest BCUT2D eigenvalue weighted by atomic mass is 10.1. The first-order valence-electron chi connectivity index (χ1n) is 10.4. The summed E-state index contributed by atoms with van der Waals surface area (Å²) in [6.07, 6.45) is 4.31. The molecular formula is C21H30FN7O3. The lowest BCUT2D eigenvalue weighted by Crippen LogP contribution is -2.42. The molecule has 11 heteroatoms. The minimum absolute atomic E-state index is 0.0899. The van der Waals surface area contributed by atoms with Gasteiger partial charge in [-0.05, 0) is 51.8 Å². The number of hydrazine groups is 1. The van der Waals surface area contributed by atoms with Crippen molar-refractivity contribution in [2.75, 3.05) is 18.1 Å². The number of likely N-dealkylation sites (tertiary alicyclic amines) is 1. The van der Waals surface area contributed by atoms with Crippen LogP contribution in [0.15, 0.2) is 35.6 Å². The molecule has 0 saturated carbocycles. The number of ether oxygens (including phenoxy) is 2. The molecule has 0 aliphatic carbocycles. The summed E-state index contributed by atoms with van der Waals surface area (Å²) in [6.45, 7) is 6.90. The van der Waals surface area contributed by atoms with Crippen molar-refractivity contribution in [1.82, 2.24) is 14.7 Å². The van der Waals surface area contributed by atoms with Crippen LogP contribution in [0.3, 0.4) is 0 Å². The normalized spacial score (nSPS) is 15.2. The Morgan fingerprint density at radius 2 is 2.06 bits per heavy atom. The van der Waals surface area contributed by atoms with Crippen LogP contribution < -0.4 is 21.4 Å². The van der Waals surface area contributed by atoms with Gasteiger partial charge in [0.05, 0.1) is 17.4 Å². The van der Waals surface area contributed by atoms with Gasteiger partial charge in [-0.3, -0.25) is 9.69 Å². The van der Waals surface area contributed by atoms with Gasteiger partial charge in [0.1, 0.15) is 18.5 Å². The molecular weight excluding hydrogens is 417 g/mol. The minimum atomic E-state index is -0.558. The number of carbonyl (C=O) groups excluding carboxylic acids is 1. The summed E-state index contributed by atoms with van der Waals surface area (Å²) in [5, 5.41) is 8.95. The Bertz CT molecular complexity index is 949. The molecule has 0 radical (unpaired) electrons. The van der Waals surface area contributed by atoms with E-state index in [9.17, 15) is 9.18 Å². The third kappa shape index (κ3) is 6.10. The zero-order valence-electron chi connectivity index (χ0n) is 18.6. The van der Waals surface area contributed by atoms with Crippen molar-refractivity contribution < 1.29 is 18.7 Å². The van der Waals surface area contributed by atoms with E-state index < -0.39 is 11.4 Å². The highest BCUT2D eigenvalue weighted by atomic mass is 19.1. The number of hydrogen-bond acceptors (Lipinski definition) is 7. The number of carbonyl (C=O) groups is 1. The second-order valence-corrected chi connectivity index (χ2v) is 8.56. The van der Waals surface area contributed by atoms with Crippen molar-refractivity contribution in [2.24, 2.45) is 16.8 Å².